The van der Waals surface area contributed by atoms with Crippen LogP contribution < -0.4 is 4.90 Å². The van der Waals surface area contributed by atoms with Gasteiger partial charge in [-0.05, 0) is 89.1 Å². The summed E-state index contributed by atoms with van der Waals surface area (Å²) in [5, 5.41) is 0. The van der Waals surface area contributed by atoms with Crippen molar-refractivity contribution in [2.24, 2.45) is 11.8 Å². The van der Waals surface area contributed by atoms with Gasteiger partial charge >= 0.3 is 5.97 Å². The summed E-state index contributed by atoms with van der Waals surface area (Å²) in [6.45, 7) is 15.7. The molecule has 6 heteroatoms. The van der Waals surface area contributed by atoms with E-state index < -0.39 is 11.7 Å². The molecule has 3 unspecified atom stereocenters. The zero-order valence-corrected chi connectivity index (χ0v) is 20.4. The van der Waals surface area contributed by atoms with Gasteiger partial charge in [0, 0.05) is 24.3 Å². The molecule has 1 saturated carbocycles. The Morgan fingerprint density at radius 2 is 1.72 bits per heavy atom. The van der Waals surface area contributed by atoms with E-state index in [0.29, 0.717) is 0 Å². The lowest BCUT2D eigenvalue weighted by molar-refractivity contribution is -0.171. The Labute approximate surface area is 183 Å². The van der Waals surface area contributed by atoms with Gasteiger partial charge in [0.05, 0.1) is 27.6 Å². The first kappa shape index (κ1) is 22.5. The maximum atomic E-state index is 13.1. The molecule has 2 aliphatic rings. The fraction of sp³-hybridized carbons (Fsp3) is 0.739. The van der Waals surface area contributed by atoms with E-state index in [9.17, 15) is 4.79 Å². The van der Waals surface area contributed by atoms with E-state index in [0.717, 1.165) is 52.0 Å². The van der Waals surface area contributed by atoms with Crippen LogP contribution in [0.3, 0.4) is 0 Å². The van der Waals surface area contributed by atoms with E-state index in [1.165, 1.54) is 19.3 Å². The van der Waals surface area contributed by atoms with Crippen LogP contribution in [0.15, 0.2) is 4.47 Å². The molecule has 0 spiro atoms. The zero-order valence-electron chi connectivity index (χ0n) is 18.8. The van der Waals surface area contributed by atoms with Crippen LogP contribution in [0.2, 0.25) is 0 Å². The molecular weight excluding hydrogens is 432 g/mol. The molecule has 1 aliphatic carbocycles. The van der Waals surface area contributed by atoms with Crippen molar-refractivity contribution in [1.82, 2.24) is 4.98 Å². The maximum absolute atomic E-state index is 13.1. The summed E-state index contributed by atoms with van der Waals surface area (Å²) in [6.07, 6.45) is 2.92. The molecule has 0 bridgehead atoms. The molecule has 0 aromatic carbocycles. The van der Waals surface area contributed by atoms with E-state index >= 15 is 0 Å². The minimum Gasteiger partial charge on any atom is -0.461 e. The average Bonchev–Trinajstić information content (AvgIpc) is 3.16. The fourth-order valence-electron chi connectivity index (χ4n) is 4.74. The molecule has 1 saturated heterocycles. The van der Waals surface area contributed by atoms with Gasteiger partial charge in [-0.2, -0.15) is 0 Å². The summed E-state index contributed by atoms with van der Waals surface area (Å²) in [7, 11) is 0. The topological polar surface area (TPSA) is 51.7 Å². The molecule has 29 heavy (non-hydrogen) atoms. The zero-order chi connectivity index (χ0) is 21.5. The summed E-state index contributed by atoms with van der Waals surface area (Å²) in [5.74, 6) is 1.14. The van der Waals surface area contributed by atoms with Crippen LogP contribution in [0.5, 0.6) is 0 Å². The van der Waals surface area contributed by atoms with Gasteiger partial charge in [-0.1, -0.05) is 6.42 Å². The first-order valence-electron chi connectivity index (χ1n) is 10.8. The van der Waals surface area contributed by atoms with Crippen molar-refractivity contribution >= 4 is 27.6 Å². The van der Waals surface area contributed by atoms with Crippen molar-refractivity contribution in [2.45, 2.75) is 85.5 Å². The number of carbonyl (C=O) groups excluding carboxylic acids is 1. The highest BCUT2D eigenvalue weighted by Crippen LogP contribution is 2.46. The molecule has 1 aliphatic heterocycles. The summed E-state index contributed by atoms with van der Waals surface area (Å²) in [5.41, 5.74) is 3.16. The minimum atomic E-state index is -0.808. The van der Waals surface area contributed by atoms with Crippen molar-refractivity contribution in [3.05, 3.63) is 21.4 Å². The summed E-state index contributed by atoms with van der Waals surface area (Å²) in [4.78, 5) is 20.3. The second kappa shape index (κ2) is 8.54. The molecule has 2 heterocycles. The number of nitrogens with zero attached hydrogens (tertiary/aromatic N) is 2. The largest absolute Gasteiger partial charge is 0.461 e. The van der Waals surface area contributed by atoms with Gasteiger partial charge in [0.25, 0.3) is 0 Å². The monoisotopic (exact) mass is 466 g/mol. The third-order valence-electron chi connectivity index (χ3n) is 5.85. The average molecular weight is 467 g/mol. The Kier molecular flexibility index (Phi) is 6.64. The van der Waals surface area contributed by atoms with Crippen LogP contribution in [-0.2, 0) is 14.3 Å². The van der Waals surface area contributed by atoms with Gasteiger partial charge in [0.15, 0.2) is 6.10 Å². The number of carbonyl (C=O) groups is 1. The lowest BCUT2D eigenvalue weighted by Crippen LogP contribution is -2.33. The van der Waals surface area contributed by atoms with Crippen molar-refractivity contribution in [2.75, 3.05) is 18.0 Å². The van der Waals surface area contributed by atoms with Gasteiger partial charge in [0.1, 0.15) is 0 Å². The van der Waals surface area contributed by atoms with E-state index in [1.807, 2.05) is 48.5 Å². The van der Waals surface area contributed by atoms with Crippen LogP contribution in [0.1, 0.15) is 76.9 Å². The van der Waals surface area contributed by atoms with Crippen LogP contribution in [0, 0.1) is 25.7 Å². The van der Waals surface area contributed by atoms with Gasteiger partial charge in [-0.25, -0.2) is 4.79 Å². The smallest absolute Gasteiger partial charge is 0.340 e. The normalized spacial score (nSPS) is 22.9. The van der Waals surface area contributed by atoms with Gasteiger partial charge in [-0.15, -0.1) is 0 Å². The summed E-state index contributed by atoms with van der Waals surface area (Å²) >= 11 is 3.79. The fourth-order valence-corrected chi connectivity index (χ4v) is 5.29. The number of aryl methyl sites for hydroxylation is 2. The number of anilines is 1. The molecule has 3 rings (SSSR count). The SMILES string of the molecule is Cc1nc(C)c(C(OC(C)(C)C)C(=O)OC(C)C)c(N2CC3CCCC3C2)c1Br. The van der Waals surface area contributed by atoms with Crippen LogP contribution in [-0.4, -0.2) is 35.7 Å². The number of aromatic nitrogens is 1. The lowest BCUT2D eigenvalue weighted by Gasteiger charge is -2.32. The number of fused-ring (bicyclic) bond motifs is 1. The number of hydrogen-bond acceptors (Lipinski definition) is 5. The highest BCUT2D eigenvalue weighted by atomic mass is 79.9. The van der Waals surface area contributed by atoms with Crippen LogP contribution in [0.4, 0.5) is 5.69 Å². The molecular formula is C23H35BrN2O3. The molecule has 0 radical (unpaired) electrons. The molecule has 3 atom stereocenters. The number of pyridine rings is 1. The quantitative estimate of drug-likeness (QED) is 0.535. The van der Waals surface area contributed by atoms with E-state index in [-0.39, 0.29) is 12.1 Å². The molecule has 1 aromatic rings. The van der Waals surface area contributed by atoms with Crippen LogP contribution >= 0.6 is 15.9 Å². The number of esters is 1. The predicted molar refractivity (Wildman–Crippen MR) is 119 cm³/mol. The Morgan fingerprint density at radius 1 is 1.14 bits per heavy atom. The van der Waals surface area contributed by atoms with Gasteiger partial charge in [-0.3, -0.25) is 4.98 Å². The second-order valence-corrected chi connectivity index (χ2v) is 10.6. The maximum Gasteiger partial charge on any atom is 0.340 e. The molecule has 2 fully saturated rings. The highest BCUT2D eigenvalue weighted by molar-refractivity contribution is 9.10. The number of halogens is 1. The van der Waals surface area contributed by atoms with Crippen LogP contribution in [0.25, 0.3) is 0 Å². The minimum absolute atomic E-state index is 0.203. The van der Waals surface area contributed by atoms with E-state index in [2.05, 4.69) is 20.8 Å². The lowest BCUT2D eigenvalue weighted by atomic mass is 10.0. The second-order valence-electron chi connectivity index (χ2n) is 9.81. The third-order valence-corrected chi connectivity index (χ3v) is 6.80. The van der Waals surface area contributed by atoms with E-state index in [1.54, 1.807) is 0 Å². The molecule has 1 aromatic heterocycles. The highest BCUT2D eigenvalue weighted by Gasteiger charge is 2.41. The third kappa shape index (κ3) is 4.96. The molecule has 162 valence electrons. The van der Waals surface area contributed by atoms with Gasteiger partial charge < -0.3 is 14.4 Å². The molecule has 5 nitrogen and oxygen atoms in total. The Morgan fingerprint density at radius 3 is 2.24 bits per heavy atom. The van der Waals surface area contributed by atoms with Crippen molar-refractivity contribution < 1.29 is 14.3 Å². The van der Waals surface area contributed by atoms with Crippen molar-refractivity contribution in [1.29, 1.82) is 0 Å². The van der Waals surface area contributed by atoms with Crippen molar-refractivity contribution in [3.63, 3.8) is 0 Å². The number of hydrogen-bond donors (Lipinski definition) is 0. The molecule has 0 amide bonds. The van der Waals surface area contributed by atoms with Crippen molar-refractivity contribution in [3.8, 4) is 0 Å². The Bertz CT molecular complexity index is 760. The Balaban J connectivity index is 2.09. The Hall–Kier alpha value is -1.14. The molecule has 0 N–H and O–H groups in total. The standard InChI is InChI=1S/C23H35BrN2O3/c1-13(2)28-22(27)21(29-23(5,6)7)18-14(3)25-15(4)19(24)20(18)26-11-16-9-8-10-17(16)12-26/h13,16-17,21H,8-12H2,1-7H3. The summed E-state index contributed by atoms with van der Waals surface area (Å²) < 4.78 is 12.9. The number of ether oxygens (including phenoxy) is 2. The first-order chi connectivity index (χ1) is 13.5. The van der Waals surface area contributed by atoms with E-state index in [4.69, 9.17) is 14.5 Å². The first-order valence-corrected chi connectivity index (χ1v) is 11.6. The predicted octanol–water partition coefficient (Wildman–Crippen LogP) is 5.51. The van der Waals surface area contributed by atoms with Gasteiger partial charge in [0.2, 0.25) is 0 Å². The summed E-state index contributed by atoms with van der Waals surface area (Å²) in [6, 6.07) is 0. The number of rotatable bonds is 5.